The SMILES string of the molecule is CC[C@@H](C)[C@@H](C)NC. The van der Waals surface area contributed by atoms with E-state index in [-0.39, 0.29) is 0 Å². The van der Waals surface area contributed by atoms with Gasteiger partial charge in [0, 0.05) is 6.04 Å². The van der Waals surface area contributed by atoms with Gasteiger partial charge in [-0.05, 0) is 19.9 Å². The molecule has 0 bridgehead atoms. The Morgan fingerprint density at radius 3 is 2.00 bits per heavy atom. The molecule has 0 aromatic rings. The average Bonchev–Trinajstić information content (AvgIpc) is 1.84. The van der Waals surface area contributed by atoms with Gasteiger partial charge in [-0.1, -0.05) is 20.3 Å². The number of hydrogen-bond donors (Lipinski definition) is 1. The molecule has 0 unspecified atom stereocenters. The van der Waals surface area contributed by atoms with E-state index < -0.39 is 0 Å². The summed E-state index contributed by atoms with van der Waals surface area (Å²) in [6, 6.07) is 0.667. The lowest BCUT2D eigenvalue weighted by Gasteiger charge is -2.16. The minimum Gasteiger partial charge on any atom is -0.317 e. The van der Waals surface area contributed by atoms with Crippen LogP contribution in [0.2, 0.25) is 0 Å². The van der Waals surface area contributed by atoms with Gasteiger partial charge >= 0.3 is 0 Å². The molecule has 0 radical (unpaired) electrons. The Labute approximate surface area is 52.5 Å². The molecule has 0 fully saturated rings. The van der Waals surface area contributed by atoms with Crippen molar-refractivity contribution in [3.8, 4) is 0 Å². The topological polar surface area (TPSA) is 12.0 Å². The number of rotatable bonds is 3. The maximum Gasteiger partial charge on any atom is 0.00612 e. The van der Waals surface area contributed by atoms with Gasteiger partial charge in [-0.2, -0.15) is 0 Å². The molecule has 2 atom stereocenters. The summed E-state index contributed by atoms with van der Waals surface area (Å²) < 4.78 is 0. The Morgan fingerprint density at radius 2 is 1.88 bits per heavy atom. The van der Waals surface area contributed by atoms with E-state index in [4.69, 9.17) is 0 Å². The van der Waals surface area contributed by atoms with E-state index >= 15 is 0 Å². The predicted octanol–water partition coefficient (Wildman–Crippen LogP) is 1.64. The third kappa shape index (κ3) is 2.31. The summed E-state index contributed by atoms with van der Waals surface area (Å²) in [7, 11) is 2.01. The van der Waals surface area contributed by atoms with Crippen LogP contribution in [0.15, 0.2) is 0 Å². The zero-order chi connectivity index (χ0) is 6.57. The summed E-state index contributed by atoms with van der Waals surface area (Å²) in [4.78, 5) is 0. The average molecular weight is 115 g/mol. The molecule has 8 heavy (non-hydrogen) atoms. The normalized spacial score (nSPS) is 18.0. The summed E-state index contributed by atoms with van der Waals surface area (Å²) in [6.07, 6.45) is 1.27. The molecule has 0 spiro atoms. The highest BCUT2D eigenvalue weighted by atomic mass is 14.9. The minimum atomic E-state index is 0.667. The third-order valence-electron chi connectivity index (χ3n) is 1.95. The van der Waals surface area contributed by atoms with Crippen LogP contribution in [-0.4, -0.2) is 13.1 Å². The van der Waals surface area contributed by atoms with Crippen molar-refractivity contribution >= 4 is 0 Å². The van der Waals surface area contributed by atoms with Gasteiger partial charge in [-0.15, -0.1) is 0 Å². The van der Waals surface area contributed by atoms with Crippen molar-refractivity contribution < 1.29 is 0 Å². The van der Waals surface area contributed by atoms with Crippen LogP contribution < -0.4 is 5.32 Å². The van der Waals surface area contributed by atoms with Gasteiger partial charge in [0.15, 0.2) is 0 Å². The molecule has 0 aromatic carbocycles. The predicted molar refractivity (Wildman–Crippen MR) is 38.0 cm³/mol. The molecule has 0 aliphatic carbocycles. The summed E-state index contributed by atoms with van der Waals surface area (Å²) in [5.41, 5.74) is 0. The first kappa shape index (κ1) is 7.96. The van der Waals surface area contributed by atoms with E-state index in [1.54, 1.807) is 0 Å². The highest BCUT2D eigenvalue weighted by Gasteiger charge is 2.04. The van der Waals surface area contributed by atoms with Crippen LogP contribution in [0.4, 0.5) is 0 Å². The second-order valence-corrected chi connectivity index (χ2v) is 2.46. The number of hydrogen-bond acceptors (Lipinski definition) is 1. The molecule has 1 N–H and O–H groups in total. The van der Waals surface area contributed by atoms with Crippen molar-refractivity contribution in [3.05, 3.63) is 0 Å². The maximum atomic E-state index is 3.22. The van der Waals surface area contributed by atoms with Crippen LogP contribution in [0, 0.1) is 5.92 Å². The Kier molecular flexibility index (Phi) is 3.88. The first-order chi connectivity index (χ1) is 3.72. The molecule has 1 nitrogen and oxygen atoms in total. The van der Waals surface area contributed by atoms with Gasteiger partial charge < -0.3 is 5.32 Å². The van der Waals surface area contributed by atoms with Crippen LogP contribution in [0.25, 0.3) is 0 Å². The Morgan fingerprint density at radius 1 is 1.38 bits per heavy atom. The molecular formula is C7H17N. The molecular weight excluding hydrogens is 98.1 g/mol. The fourth-order valence-corrected chi connectivity index (χ4v) is 0.638. The van der Waals surface area contributed by atoms with Crippen molar-refractivity contribution in [2.75, 3.05) is 7.05 Å². The highest BCUT2D eigenvalue weighted by molar-refractivity contribution is 4.63. The zero-order valence-corrected chi connectivity index (χ0v) is 6.36. The summed E-state index contributed by atoms with van der Waals surface area (Å²) >= 11 is 0. The summed E-state index contributed by atoms with van der Waals surface area (Å²) in [6.45, 7) is 6.70. The second-order valence-electron chi connectivity index (χ2n) is 2.46. The Hall–Kier alpha value is -0.0400. The monoisotopic (exact) mass is 115 g/mol. The molecule has 0 heterocycles. The Bertz CT molecular complexity index is 44.3. The molecule has 0 aliphatic rings. The lowest BCUT2D eigenvalue weighted by Crippen LogP contribution is -2.27. The quantitative estimate of drug-likeness (QED) is 0.589. The van der Waals surface area contributed by atoms with E-state index in [1.807, 2.05) is 7.05 Å². The third-order valence-corrected chi connectivity index (χ3v) is 1.95. The number of nitrogens with one attached hydrogen (secondary N) is 1. The van der Waals surface area contributed by atoms with Crippen LogP contribution in [0.1, 0.15) is 27.2 Å². The second kappa shape index (κ2) is 3.90. The first-order valence-corrected chi connectivity index (χ1v) is 3.39. The van der Waals surface area contributed by atoms with Crippen LogP contribution in [0.5, 0.6) is 0 Å². The minimum absolute atomic E-state index is 0.667. The van der Waals surface area contributed by atoms with Gasteiger partial charge in [-0.25, -0.2) is 0 Å². The molecule has 0 aromatic heterocycles. The van der Waals surface area contributed by atoms with E-state index in [9.17, 15) is 0 Å². The van der Waals surface area contributed by atoms with Crippen molar-refractivity contribution in [1.82, 2.24) is 5.32 Å². The molecule has 0 aliphatic heterocycles. The fraction of sp³-hybridized carbons (Fsp3) is 1.00. The van der Waals surface area contributed by atoms with E-state index in [2.05, 4.69) is 26.1 Å². The summed E-state index contributed by atoms with van der Waals surface area (Å²) in [5.74, 6) is 0.806. The molecule has 1 heteroatoms. The van der Waals surface area contributed by atoms with Gasteiger partial charge in [0.05, 0.1) is 0 Å². The molecule has 0 amide bonds. The van der Waals surface area contributed by atoms with Gasteiger partial charge in [-0.3, -0.25) is 0 Å². The summed E-state index contributed by atoms with van der Waals surface area (Å²) in [5, 5.41) is 3.22. The maximum absolute atomic E-state index is 3.22. The van der Waals surface area contributed by atoms with Crippen molar-refractivity contribution in [3.63, 3.8) is 0 Å². The van der Waals surface area contributed by atoms with Crippen LogP contribution >= 0.6 is 0 Å². The zero-order valence-electron chi connectivity index (χ0n) is 6.36. The van der Waals surface area contributed by atoms with Gasteiger partial charge in [0.2, 0.25) is 0 Å². The van der Waals surface area contributed by atoms with Gasteiger partial charge in [0.25, 0.3) is 0 Å². The highest BCUT2D eigenvalue weighted by Crippen LogP contribution is 2.04. The van der Waals surface area contributed by atoms with Crippen LogP contribution in [-0.2, 0) is 0 Å². The van der Waals surface area contributed by atoms with E-state index in [0.717, 1.165) is 5.92 Å². The Balaban J connectivity index is 3.29. The standard InChI is InChI=1S/C7H17N/c1-5-6(2)7(3)8-4/h6-8H,5H2,1-4H3/t6-,7-/m1/s1. The van der Waals surface area contributed by atoms with Gasteiger partial charge in [0.1, 0.15) is 0 Å². The van der Waals surface area contributed by atoms with Crippen molar-refractivity contribution in [2.24, 2.45) is 5.92 Å². The van der Waals surface area contributed by atoms with Crippen molar-refractivity contribution in [2.45, 2.75) is 33.2 Å². The lowest BCUT2D eigenvalue weighted by molar-refractivity contribution is 0.415. The van der Waals surface area contributed by atoms with Crippen LogP contribution in [0.3, 0.4) is 0 Å². The molecule has 0 rings (SSSR count). The lowest BCUT2D eigenvalue weighted by atomic mass is 10.0. The molecule has 50 valence electrons. The fourth-order valence-electron chi connectivity index (χ4n) is 0.638. The first-order valence-electron chi connectivity index (χ1n) is 3.39. The molecule has 0 saturated heterocycles. The van der Waals surface area contributed by atoms with E-state index in [0.29, 0.717) is 6.04 Å². The van der Waals surface area contributed by atoms with Crippen molar-refractivity contribution in [1.29, 1.82) is 0 Å². The largest absolute Gasteiger partial charge is 0.317 e. The van der Waals surface area contributed by atoms with E-state index in [1.165, 1.54) is 6.42 Å². The smallest absolute Gasteiger partial charge is 0.00612 e. The molecule has 0 saturated carbocycles.